The van der Waals surface area contributed by atoms with Crippen molar-refractivity contribution in [1.29, 1.82) is 0 Å². The molecule has 0 fully saturated rings. The second kappa shape index (κ2) is 14.9. The fraction of sp³-hybridized carbons (Fsp3) is 0. The molecule has 0 aliphatic heterocycles. The summed E-state index contributed by atoms with van der Waals surface area (Å²) in [5.74, 6) is 0.301. The minimum absolute atomic E-state index is 0. The normalized spacial score (nSPS) is 5.20. The van der Waals surface area contributed by atoms with Crippen LogP contribution in [0.15, 0.2) is 0 Å². The smallest absolute Gasteiger partial charge is 0.0552 e. The fourth-order valence-corrected chi connectivity index (χ4v) is 0.186. The number of H-pyrrole nitrogens is 1. The van der Waals surface area contributed by atoms with Crippen molar-refractivity contribution in [2.45, 2.75) is 0 Å². The van der Waals surface area contributed by atoms with E-state index in [9.17, 15) is 0 Å². The molecule has 0 aromatic carbocycles. The van der Waals surface area contributed by atoms with E-state index in [1.807, 2.05) is 0 Å². The van der Waals surface area contributed by atoms with Crippen LogP contribution in [-0.4, -0.2) is 15.2 Å². The zero-order chi connectivity index (χ0) is 4.41. The molecule has 0 aliphatic carbocycles. The first-order valence-electron chi connectivity index (χ1n) is 1.43. The molecule has 0 saturated carbocycles. The predicted molar refractivity (Wildman–Crippen MR) is 19.6 cm³/mol. The van der Waals surface area contributed by atoms with Crippen LogP contribution >= 0.6 is 0 Å². The van der Waals surface area contributed by atoms with Gasteiger partial charge in [-0.2, -0.15) is 0 Å². The number of nitrogens with zero attached hydrogens (tertiary/aromatic N) is 2. The first-order valence-corrected chi connectivity index (χ1v) is 1.43. The molecule has 10 heavy (non-hydrogen) atoms. The number of aromatic amines is 1. The fourth-order valence-electron chi connectivity index (χ4n) is 0.186. The molecule has 4 nitrogen and oxygen atoms in total. The van der Waals surface area contributed by atoms with E-state index in [1.165, 1.54) is 0 Å². The van der Waals surface area contributed by atoms with Gasteiger partial charge >= 0.3 is 0 Å². The molecule has 0 spiro atoms. The topological polar surface area (TPSA) is 67.6 Å². The molecule has 0 amide bonds. The van der Waals surface area contributed by atoms with Crippen LogP contribution < -0.4 is 5.73 Å². The summed E-state index contributed by atoms with van der Waals surface area (Å²) < 4.78 is 0. The third-order valence-corrected chi connectivity index (χ3v) is 0.391. The second-order valence-corrected chi connectivity index (χ2v) is 0.821. The van der Waals surface area contributed by atoms with Crippen molar-refractivity contribution in [3.63, 3.8) is 0 Å². The van der Waals surface area contributed by atoms with Crippen LogP contribution in [0.5, 0.6) is 0 Å². The average Bonchev–Trinajstić information content (AvgIpc) is 1.86. The molecule has 8 heteroatoms. The maximum atomic E-state index is 5.02. The van der Waals surface area contributed by atoms with E-state index in [4.69, 9.17) is 5.73 Å². The molecular formula is C2H3N4Y4-. The summed E-state index contributed by atoms with van der Waals surface area (Å²) >= 11 is 0. The van der Waals surface area contributed by atoms with Gasteiger partial charge in [-0.05, 0) is 6.33 Å². The molecule has 0 aliphatic rings. The van der Waals surface area contributed by atoms with Gasteiger partial charge < -0.3 is 15.8 Å². The third-order valence-electron chi connectivity index (χ3n) is 0.391. The monoisotopic (exact) mass is 439 g/mol. The van der Waals surface area contributed by atoms with E-state index in [2.05, 4.69) is 21.5 Å². The maximum Gasteiger partial charge on any atom is 0.0552 e. The number of anilines is 1. The molecule has 0 unspecified atom stereocenters. The van der Waals surface area contributed by atoms with Crippen molar-refractivity contribution in [1.82, 2.24) is 15.2 Å². The quantitative estimate of drug-likeness (QED) is 0.520. The van der Waals surface area contributed by atoms with Crippen molar-refractivity contribution < 1.29 is 131 Å². The molecule has 44 valence electrons. The van der Waals surface area contributed by atoms with Crippen LogP contribution in [0.1, 0.15) is 0 Å². The number of nitrogens with one attached hydrogen (secondary N) is 1. The summed E-state index contributed by atoms with van der Waals surface area (Å²) in [7, 11) is 0. The Bertz CT molecular complexity index is 119. The summed E-state index contributed by atoms with van der Waals surface area (Å²) in [6.07, 6.45) is 2.25. The van der Waals surface area contributed by atoms with Crippen LogP contribution in [0.4, 0.5) is 5.95 Å². The minimum atomic E-state index is 0. The number of hydrogen-bond donors (Lipinski definition) is 2. The molecule has 0 bridgehead atoms. The molecule has 1 heterocycles. The summed E-state index contributed by atoms with van der Waals surface area (Å²) in [5, 5.41) is 5.70. The number of rotatable bonds is 0. The Labute approximate surface area is 160 Å². The second-order valence-electron chi connectivity index (χ2n) is 0.821. The van der Waals surface area contributed by atoms with Crippen molar-refractivity contribution in [2.24, 2.45) is 0 Å². The number of nitrogens with two attached hydrogens (primary N) is 1. The molecule has 1 aromatic rings. The van der Waals surface area contributed by atoms with E-state index < -0.39 is 0 Å². The van der Waals surface area contributed by atoms with Crippen molar-refractivity contribution in [3.05, 3.63) is 6.33 Å². The third kappa shape index (κ3) is 11.4. The SMILES string of the molecule is Nc1n[c-]n[nH]1.[Y].[Y].[Y].[Y]. The molecule has 1 rings (SSSR count). The summed E-state index contributed by atoms with van der Waals surface area (Å²) in [6, 6.07) is 0. The van der Waals surface area contributed by atoms with Gasteiger partial charge in [-0.15, -0.1) is 0 Å². The number of hydrogen-bond acceptors (Lipinski definition) is 3. The maximum absolute atomic E-state index is 5.02. The van der Waals surface area contributed by atoms with Gasteiger partial charge in [0.15, 0.2) is 0 Å². The van der Waals surface area contributed by atoms with E-state index in [-0.39, 0.29) is 131 Å². The standard InChI is InChI=1S/C2H3N4.4Y/c3-2-4-1-5-6-2;;;;/h(H3,3,4,5,6);;;;/q-1;;;;. The van der Waals surface area contributed by atoms with Crippen molar-refractivity contribution >= 4 is 5.95 Å². The van der Waals surface area contributed by atoms with Crippen LogP contribution in [0.25, 0.3) is 0 Å². The van der Waals surface area contributed by atoms with Crippen molar-refractivity contribution in [3.8, 4) is 0 Å². The Morgan fingerprint density at radius 1 is 1.20 bits per heavy atom. The van der Waals surface area contributed by atoms with E-state index in [0.29, 0.717) is 5.95 Å². The Kier molecular flexibility index (Phi) is 34.6. The molecule has 0 atom stereocenters. The van der Waals surface area contributed by atoms with Crippen LogP contribution in [0, 0.1) is 6.33 Å². The van der Waals surface area contributed by atoms with Crippen LogP contribution in [0.2, 0.25) is 0 Å². The van der Waals surface area contributed by atoms with Gasteiger partial charge in [-0.25, -0.2) is 0 Å². The minimum Gasteiger partial charge on any atom is -0.445 e. The van der Waals surface area contributed by atoms with E-state index in [0.717, 1.165) is 0 Å². The molecule has 3 N–H and O–H groups in total. The summed E-state index contributed by atoms with van der Waals surface area (Å²) in [6.45, 7) is 0. The molecular weight excluding hydrogens is 436 g/mol. The van der Waals surface area contributed by atoms with Gasteiger partial charge in [0.1, 0.15) is 0 Å². The first kappa shape index (κ1) is 23.3. The zero-order valence-corrected chi connectivity index (χ0v) is 16.6. The van der Waals surface area contributed by atoms with Crippen LogP contribution in [-0.2, 0) is 131 Å². The van der Waals surface area contributed by atoms with Crippen molar-refractivity contribution in [2.75, 3.05) is 5.73 Å². The van der Waals surface area contributed by atoms with Gasteiger partial charge in [0.05, 0.1) is 5.95 Å². The van der Waals surface area contributed by atoms with Gasteiger partial charge in [-0.1, -0.05) is 0 Å². The molecule has 4 radical (unpaired) electrons. The van der Waals surface area contributed by atoms with Gasteiger partial charge in [-0.3, -0.25) is 5.10 Å². The van der Waals surface area contributed by atoms with E-state index in [1.54, 1.807) is 0 Å². The average molecular weight is 439 g/mol. The number of nitrogen functional groups attached to an aromatic ring is 1. The predicted octanol–water partition coefficient (Wildman–Crippen LogP) is -0.823. The largest absolute Gasteiger partial charge is 0.445 e. The van der Waals surface area contributed by atoms with Gasteiger partial charge in [0.2, 0.25) is 0 Å². The van der Waals surface area contributed by atoms with Gasteiger partial charge in [0, 0.05) is 131 Å². The first-order chi connectivity index (χ1) is 2.89. The van der Waals surface area contributed by atoms with E-state index >= 15 is 0 Å². The van der Waals surface area contributed by atoms with Crippen LogP contribution in [0.3, 0.4) is 0 Å². The Balaban J connectivity index is -0.0000000450. The summed E-state index contributed by atoms with van der Waals surface area (Å²) in [4.78, 5) is 3.40. The molecule has 0 saturated heterocycles. The zero-order valence-electron chi connectivity index (χ0n) is 5.28. The summed E-state index contributed by atoms with van der Waals surface area (Å²) in [5.41, 5.74) is 5.02. The Hall–Kier alpha value is 3.36. The number of aromatic nitrogens is 3. The Morgan fingerprint density at radius 3 is 1.80 bits per heavy atom. The van der Waals surface area contributed by atoms with Gasteiger partial charge in [0.25, 0.3) is 0 Å². The Morgan fingerprint density at radius 2 is 1.70 bits per heavy atom. The molecule has 1 aromatic heterocycles.